The number of rotatable bonds is 2. The van der Waals surface area contributed by atoms with Crippen LogP contribution in [0.1, 0.15) is 0 Å². The number of benzene rings is 2. The number of aromatic nitrogens is 3. The van der Waals surface area contributed by atoms with Gasteiger partial charge in [-0.2, -0.15) is 4.68 Å². The summed E-state index contributed by atoms with van der Waals surface area (Å²) in [7, 11) is 1.62. The topological polar surface area (TPSA) is 39.8 Å². The Bertz CT molecular complexity index is 805. The predicted molar refractivity (Wildman–Crippen MR) is 74.2 cm³/mol. The zero-order valence-corrected chi connectivity index (χ0v) is 10.8. The maximum Gasteiger partial charge on any atom is 0.350 e. The lowest BCUT2D eigenvalue weighted by Gasteiger charge is -2.00. The number of hydrogen-bond acceptors (Lipinski definition) is 2. The van der Waals surface area contributed by atoms with Crippen LogP contribution < -0.4 is 5.69 Å². The van der Waals surface area contributed by atoms with E-state index in [1.807, 2.05) is 30.3 Å². The Hall–Kier alpha value is -2.69. The third-order valence-electron chi connectivity index (χ3n) is 3.09. The fourth-order valence-corrected chi connectivity index (χ4v) is 2.06. The summed E-state index contributed by atoms with van der Waals surface area (Å²) < 4.78 is 16.3. The molecule has 0 spiro atoms. The molecule has 0 unspecified atom stereocenters. The third-order valence-corrected chi connectivity index (χ3v) is 3.09. The van der Waals surface area contributed by atoms with Crippen LogP contribution in [0, 0.1) is 5.82 Å². The minimum Gasteiger partial charge on any atom is -0.278 e. The highest BCUT2D eigenvalue weighted by molar-refractivity contribution is 5.55. The summed E-state index contributed by atoms with van der Waals surface area (Å²) in [5.41, 5.74) is 0.575. The molecule has 0 aliphatic carbocycles. The van der Waals surface area contributed by atoms with E-state index in [1.165, 1.54) is 16.7 Å². The van der Waals surface area contributed by atoms with E-state index < -0.39 is 5.82 Å². The molecule has 1 heterocycles. The summed E-state index contributed by atoms with van der Waals surface area (Å²) >= 11 is 0. The summed E-state index contributed by atoms with van der Waals surface area (Å²) in [4.78, 5) is 12.2. The first kappa shape index (κ1) is 12.3. The standard InChI is InChI=1S/C15H12FN3O/c1-18-14(11-7-3-2-4-8-11)17-19(15(18)20)13-10-6-5-9-12(13)16/h2-10H,1H3. The van der Waals surface area contributed by atoms with Gasteiger partial charge in [-0.15, -0.1) is 5.10 Å². The van der Waals surface area contributed by atoms with Crippen molar-refractivity contribution < 1.29 is 4.39 Å². The largest absolute Gasteiger partial charge is 0.350 e. The zero-order chi connectivity index (χ0) is 14.1. The minimum absolute atomic E-state index is 0.148. The van der Waals surface area contributed by atoms with Crippen LogP contribution in [0.25, 0.3) is 17.1 Å². The van der Waals surface area contributed by atoms with E-state index in [4.69, 9.17) is 0 Å². The fraction of sp³-hybridized carbons (Fsp3) is 0.0667. The van der Waals surface area contributed by atoms with Gasteiger partial charge in [-0.25, -0.2) is 9.18 Å². The Balaban J connectivity index is 2.22. The van der Waals surface area contributed by atoms with Gasteiger partial charge in [0.25, 0.3) is 0 Å². The first-order chi connectivity index (χ1) is 9.68. The summed E-state index contributed by atoms with van der Waals surface area (Å²) in [6.45, 7) is 0. The Kier molecular flexibility index (Phi) is 2.95. The Morgan fingerprint density at radius 2 is 1.65 bits per heavy atom. The van der Waals surface area contributed by atoms with E-state index in [-0.39, 0.29) is 11.4 Å². The molecule has 0 bridgehead atoms. The average molecular weight is 269 g/mol. The second-order valence-electron chi connectivity index (χ2n) is 4.39. The van der Waals surface area contributed by atoms with E-state index >= 15 is 0 Å². The van der Waals surface area contributed by atoms with E-state index in [0.717, 1.165) is 10.2 Å². The van der Waals surface area contributed by atoms with Gasteiger partial charge in [-0.1, -0.05) is 42.5 Å². The summed E-state index contributed by atoms with van der Waals surface area (Å²) in [5.74, 6) is 0.0196. The Morgan fingerprint density at radius 1 is 1.00 bits per heavy atom. The van der Waals surface area contributed by atoms with Gasteiger partial charge in [0.1, 0.15) is 11.5 Å². The Morgan fingerprint density at radius 3 is 2.35 bits per heavy atom. The second-order valence-corrected chi connectivity index (χ2v) is 4.39. The first-order valence-corrected chi connectivity index (χ1v) is 6.15. The lowest BCUT2D eigenvalue weighted by Crippen LogP contribution is -2.22. The molecule has 0 aliphatic rings. The van der Waals surface area contributed by atoms with Crippen molar-refractivity contribution in [2.75, 3.05) is 0 Å². The monoisotopic (exact) mass is 269 g/mol. The molecule has 0 atom stereocenters. The van der Waals surface area contributed by atoms with Gasteiger partial charge in [0.05, 0.1) is 0 Å². The van der Waals surface area contributed by atoms with Gasteiger partial charge >= 0.3 is 5.69 Å². The molecule has 0 saturated carbocycles. The van der Waals surface area contributed by atoms with Crippen molar-refractivity contribution in [3.63, 3.8) is 0 Å². The SMILES string of the molecule is Cn1c(-c2ccccc2)nn(-c2ccccc2F)c1=O. The van der Waals surface area contributed by atoms with Crippen molar-refractivity contribution >= 4 is 0 Å². The first-order valence-electron chi connectivity index (χ1n) is 6.15. The van der Waals surface area contributed by atoms with Gasteiger partial charge in [0, 0.05) is 12.6 Å². The third kappa shape index (κ3) is 1.93. The molecule has 2 aromatic carbocycles. The van der Waals surface area contributed by atoms with Crippen molar-refractivity contribution in [1.29, 1.82) is 0 Å². The molecule has 100 valence electrons. The van der Waals surface area contributed by atoms with Gasteiger partial charge in [-0.05, 0) is 12.1 Å². The molecule has 0 amide bonds. The van der Waals surface area contributed by atoms with Gasteiger partial charge < -0.3 is 0 Å². The molecule has 0 radical (unpaired) electrons. The van der Waals surface area contributed by atoms with Crippen LogP contribution in [-0.2, 0) is 7.05 Å². The molecule has 0 N–H and O–H groups in total. The van der Waals surface area contributed by atoms with Gasteiger partial charge in [0.15, 0.2) is 5.82 Å². The Labute approximate surface area is 114 Å². The number of nitrogens with zero attached hydrogens (tertiary/aromatic N) is 3. The van der Waals surface area contributed by atoms with Crippen LogP contribution in [-0.4, -0.2) is 14.3 Å². The van der Waals surface area contributed by atoms with Gasteiger partial charge in [-0.3, -0.25) is 4.57 Å². The van der Waals surface area contributed by atoms with Crippen LogP contribution in [0.5, 0.6) is 0 Å². The van der Waals surface area contributed by atoms with Crippen LogP contribution in [0.2, 0.25) is 0 Å². The molecule has 0 saturated heterocycles. The molecule has 20 heavy (non-hydrogen) atoms. The molecule has 1 aromatic heterocycles. The quantitative estimate of drug-likeness (QED) is 0.716. The highest BCUT2D eigenvalue weighted by Gasteiger charge is 2.15. The number of para-hydroxylation sites is 1. The number of hydrogen-bond donors (Lipinski definition) is 0. The molecule has 4 nitrogen and oxygen atoms in total. The average Bonchev–Trinajstić information content (AvgIpc) is 2.77. The highest BCUT2D eigenvalue weighted by atomic mass is 19.1. The van der Waals surface area contributed by atoms with Crippen molar-refractivity contribution in [3.05, 3.63) is 70.9 Å². The lowest BCUT2D eigenvalue weighted by molar-refractivity contribution is 0.606. The highest BCUT2D eigenvalue weighted by Crippen LogP contribution is 2.16. The van der Waals surface area contributed by atoms with E-state index in [1.54, 1.807) is 19.2 Å². The predicted octanol–water partition coefficient (Wildman–Crippen LogP) is 2.38. The zero-order valence-electron chi connectivity index (χ0n) is 10.8. The molecule has 0 fully saturated rings. The van der Waals surface area contributed by atoms with Crippen molar-refractivity contribution in [2.24, 2.45) is 7.05 Å². The second kappa shape index (κ2) is 4.77. The molecular formula is C15H12FN3O. The molecule has 0 aliphatic heterocycles. The molecule has 3 rings (SSSR count). The molecule has 3 aromatic rings. The van der Waals surface area contributed by atoms with Gasteiger partial charge in [0.2, 0.25) is 0 Å². The van der Waals surface area contributed by atoms with Crippen LogP contribution in [0.3, 0.4) is 0 Å². The summed E-state index contributed by atoms with van der Waals surface area (Å²) in [6, 6.07) is 15.4. The van der Waals surface area contributed by atoms with E-state index in [2.05, 4.69) is 5.10 Å². The summed E-state index contributed by atoms with van der Waals surface area (Å²) in [6.07, 6.45) is 0. The van der Waals surface area contributed by atoms with Crippen LogP contribution >= 0.6 is 0 Å². The van der Waals surface area contributed by atoms with Crippen molar-refractivity contribution in [2.45, 2.75) is 0 Å². The van der Waals surface area contributed by atoms with Crippen molar-refractivity contribution in [1.82, 2.24) is 14.3 Å². The van der Waals surface area contributed by atoms with Crippen molar-refractivity contribution in [3.8, 4) is 17.1 Å². The van der Waals surface area contributed by atoms with Crippen LogP contribution in [0.15, 0.2) is 59.4 Å². The lowest BCUT2D eigenvalue weighted by atomic mass is 10.2. The van der Waals surface area contributed by atoms with E-state index in [0.29, 0.717) is 5.82 Å². The molecule has 5 heteroatoms. The molecular weight excluding hydrogens is 257 g/mol. The maximum atomic E-state index is 13.8. The van der Waals surface area contributed by atoms with E-state index in [9.17, 15) is 9.18 Å². The normalized spacial score (nSPS) is 10.7. The summed E-state index contributed by atoms with van der Waals surface area (Å²) in [5, 5.41) is 4.24. The fourth-order valence-electron chi connectivity index (χ4n) is 2.06. The number of halogens is 1. The minimum atomic E-state index is -0.479. The van der Waals surface area contributed by atoms with Crippen LogP contribution in [0.4, 0.5) is 4.39 Å². The smallest absolute Gasteiger partial charge is 0.278 e. The maximum absolute atomic E-state index is 13.8.